The van der Waals surface area contributed by atoms with Crippen LogP contribution in [0.15, 0.2) is 140 Å². The summed E-state index contributed by atoms with van der Waals surface area (Å²) in [6, 6.07) is 51.3. The normalized spacial score (nSPS) is 13.6. The van der Waals surface area contributed by atoms with E-state index in [9.17, 15) is 0 Å². The molecule has 0 aliphatic heterocycles. The third-order valence-corrected chi connectivity index (χ3v) is 9.74. The van der Waals surface area contributed by atoms with Gasteiger partial charge in [0, 0.05) is 28.1 Å². The standard InChI is InChI=1S/C42H28N2/c1-4-12-30-26(9-1)21-23-35-33(30)15-7-17-37(35)40-41(38-18-8-16-34-31-13-5-2-10-27(31)22-24-36(34)38)43-44-39(28-19-20-28)25-29-11-3-6-14-32(29)42(40)44/h1-18,21-25,28H,19-20H2. The second-order valence-electron chi connectivity index (χ2n) is 12.3. The number of benzene rings is 7. The van der Waals surface area contributed by atoms with Gasteiger partial charge in [0.25, 0.3) is 0 Å². The Bertz CT molecular complexity index is 2620. The van der Waals surface area contributed by atoms with Crippen molar-refractivity contribution in [2.24, 2.45) is 0 Å². The fraction of sp³-hybridized carbons (Fsp3) is 0.0714. The van der Waals surface area contributed by atoms with E-state index in [0.29, 0.717) is 5.92 Å². The molecule has 0 atom stereocenters. The predicted octanol–water partition coefficient (Wildman–Crippen LogP) is 11.3. The Morgan fingerprint density at radius 1 is 0.455 bits per heavy atom. The van der Waals surface area contributed by atoms with Crippen LogP contribution in [-0.4, -0.2) is 9.61 Å². The van der Waals surface area contributed by atoms with Crippen molar-refractivity contribution in [3.63, 3.8) is 0 Å². The van der Waals surface area contributed by atoms with Crippen LogP contribution < -0.4 is 0 Å². The first-order chi connectivity index (χ1) is 21.8. The molecule has 44 heavy (non-hydrogen) atoms. The van der Waals surface area contributed by atoms with Crippen molar-refractivity contribution in [1.82, 2.24) is 9.61 Å². The third-order valence-electron chi connectivity index (χ3n) is 9.74. The molecule has 0 amide bonds. The summed E-state index contributed by atoms with van der Waals surface area (Å²) in [6.07, 6.45) is 2.44. The fourth-order valence-electron chi connectivity index (χ4n) is 7.53. The topological polar surface area (TPSA) is 17.3 Å². The van der Waals surface area contributed by atoms with Gasteiger partial charge in [-0.15, -0.1) is 0 Å². The minimum absolute atomic E-state index is 0.552. The zero-order chi connectivity index (χ0) is 28.8. The van der Waals surface area contributed by atoms with Gasteiger partial charge in [0.1, 0.15) is 5.69 Å². The number of hydrogen-bond acceptors (Lipinski definition) is 1. The highest BCUT2D eigenvalue weighted by molar-refractivity contribution is 6.19. The van der Waals surface area contributed by atoms with Gasteiger partial charge in [0.2, 0.25) is 0 Å². The molecule has 1 saturated carbocycles. The average Bonchev–Trinajstić information content (AvgIpc) is 3.86. The summed E-state index contributed by atoms with van der Waals surface area (Å²) in [4.78, 5) is 0. The molecule has 10 rings (SSSR count). The summed E-state index contributed by atoms with van der Waals surface area (Å²) in [5, 5.41) is 18.2. The molecule has 1 fully saturated rings. The first-order valence-electron chi connectivity index (χ1n) is 15.6. The molecule has 2 nitrogen and oxygen atoms in total. The van der Waals surface area contributed by atoms with Crippen LogP contribution in [0.5, 0.6) is 0 Å². The average molecular weight is 561 g/mol. The first-order valence-corrected chi connectivity index (χ1v) is 15.6. The molecule has 7 aromatic carbocycles. The minimum Gasteiger partial charge on any atom is -0.236 e. The van der Waals surface area contributed by atoms with E-state index in [1.54, 1.807) is 0 Å². The van der Waals surface area contributed by atoms with Crippen molar-refractivity contribution in [2.75, 3.05) is 0 Å². The molecular weight excluding hydrogens is 532 g/mol. The van der Waals surface area contributed by atoms with Gasteiger partial charge in [-0.3, -0.25) is 0 Å². The summed E-state index contributed by atoms with van der Waals surface area (Å²) < 4.78 is 2.30. The Morgan fingerprint density at radius 3 is 1.66 bits per heavy atom. The molecular formula is C42H28N2. The Hall–Kier alpha value is -5.47. The number of rotatable bonds is 3. The van der Waals surface area contributed by atoms with E-state index in [1.807, 2.05) is 0 Å². The summed E-state index contributed by atoms with van der Waals surface area (Å²) >= 11 is 0. The zero-order valence-corrected chi connectivity index (χ0v) is 24.2. The Kier molecular flexibility index (Phi) is 4.92. The van der Waals surface area contributed by atoms with E-state index in [1.165, 1.54) is 94.6 Å². The summed E-state index contributed by atoms with van der Waals surface area (Å²) in [7, 11) is 0. The third kappa shape index (κ3) is 3.40. The molecule has 0 N–H and O–H groups in total. The van der Waals surface area contributed by atoms with Crippen molar-refractivity contribution in [3.05, 3.63) is 145 Å². The molecule has 2 aromatic heterocycles. The SMILES string of the molecule is c1ccc2c(c1)ccc1c(-c3nn4c(C5CC5)cc5ccccc5c4c3-c3cccc4c3ccc3ccccc34)cccc12. The van der Waals surface area contributed by atoms with Gasteiger partial charge in [-0.2, -0.15) is 5.10 Å². The number of fused-ring (bicyclic) bond motifs is 9. The highest BCUT2D eigenvalue weighted by Crippen LogP contribution is 2.48. The second kappa shape index (κ2) is 9.02. The van der Waals surface area contributed by atoms with Crippen LogP contribution in [0.25, 0.3) is 81.8 Å². The highest BCUT2D eigenvalue weighted by Gasteiger charge is 2.30. The Labute approximate surface area is 254 Å². The van der Waals surface area contributed by atoms with Crippen molar-refractivity contribution >= 4 is 59.4 Å². The van der Waals surface area contributed by atoms with Gasteiger partial charge < -0.3 is 0 Å². The number of nitrogens with zero attached hydrogens (tertiary/aromatic N) is 2. The van der Waals surface area contributed by atoms with Crippen LogP contribution in [-0.2, 0) is 0 Å². The molecule has 0 unspecified atom stereocenters. The van der Waals surface area contributed by atoms with Gasteiger partial charge in [-0.25, -0.2) is 4.52 Å². The molecule has 0 bridgehead atoms. The van der Waals surface area contributed by atoms with E-state index in [-0.39, 0.29) is 0 Å². The fourth-order valence-corrected chi connectivity index (χ4v) is 7.53. The Balaban J connectivity index is 1.40. The number of aromatic nitrogens is 2. The lowest BCUT2D eigenvalue weighted by Gasteiger charge is -2.13. The van der Waals surface area contributed by atoms with E-state index < -0.39 is 0 Å². The molecule has 9 aromatic rings. The van der Waals surface area contributed by atoms with E-state index in [4.69, 9.17) is 5.10 Å². The predicted molar refractivity (Wildman–Crippen MR) is 186 cm³/mol. The number of hydrogen-bond donors (Lipinski definition) is 0. The smallest absolute Gasteiger partial charge is 0.102 e. The van der Waals surface area contributed by atoms with E-state index in [2.05, 4.69) is 144 Å². The largest absolute Gasteiger partial charge is 0.236 e. The van der Waals surface area contributed by atoms with Crippen molar-refractivity contribution in [2.45, 2.75) is 18.8 Å². The maximum absolute atomic E-state index is 5.59. The van der Waals surface area contributed by atoms with Crippen LogP contribution >= 0.6 is 0 Å². The van der Waals surface area contributed by atoms with Crippen molar-refractivity contribution in [1.29, 1.82) is 0 Å². The van der Waals surface area contributed by atoms with Crippen LogP contribution in [0.4, 0.5) is 0 Å². The van der Waals surface area contributed by atoms with Gasteiger partial charge in [0.15, 0.2) is 0 Å². The molecule has 0 radical (unpaired) electrons. The van der Waals surface area contributed by atoms with E-state index >= 15 is 0 Å². The van der Waals surface area contributed by atoms with Crippen molar-refractivity contribution < 1.29 is 0 Å². The summed E-state index contributed by atoms with van der Waals surface area (Å²) in [5.74, 6) is 0.552. The summed E-state index contributed by atoms with van der Waals surface area (Å²) in [5.41, 5.74) is 7.20. The van der Waals surface area contributed by atoms with Crippen LogP contribution in [0.2, 0.25) is 0 Å². The highest BCUT2D eigenvalue weighted by atomic mass is 15.2. The molecule has 0 saturated heterocycles. The van der Waals surface area contributed by atoms with Crippen LogP contribution in [0, 0.1) is 0 Å². The second-order valence-corrected chi connectivity index (χ2v) is 12.3. The maximum atomic E-state index is 5.59. The first kappa shape index (κ1) is 24.0. The van der Waals surface area contributed by atoms with Gasteiger partial charge >= 0.3 is 0 Å². The van der Waals surface area contributed by atoms with Crippen LogP contribution in [0.3, 0.4) is 0 Å². The van der Waals surface area contributed by atoms with Gasteiger partial charge in [-0.05, 0) is 72.9 Å². The molecule has 0 spiro atoms. The molecule has 1 aliphatic carbocycles. The Morgan fingerprint density at radius 2 is 1.00 bits per heavy atom. The number of pyridine rings is 1. The zero-order valence-electron chi connectivity index (χ0n) is 24.2. The lowest BCUT2D eigenvalue weighted by molar-refractivity contribution is 0.866. The van der Waals surface area contributed by atoms with Gasteiger partial charge in [0.05, 0.1) is 5.52 Å². The lowest BCUT2D eigenvalue weighted by Crippen LogP contribution is -1.98. The monoisotopic (exact) mass is 560 g/mol. The van der Waals surface area contributed by atoms with E-state index in [0.717, 1.165) is 5.69 Å². The lowest BCUT2D eigenvalue weighted by atomic mass is 9.90. The van der Waals surface area contributed by atoms with Gasteiger partial charge in [-0.1, -0.05) is 133 Å². The van der Waals surface area contributed by atoms with Crippen LogP contribution in [0.1, 0.15) is 24.5 Å². The minimum atomic E-state index is 0.552. The quantitative estimate of drug-likeness (QED) is 0.196. The summed E-state index contributed by atoms with van der Waals surface area (Å²) in [6.45, 7) is 0. The van der Waals surface area contributed by atoms with Crippen molar-refractivity contribution in [3.8, 4) is 22.4 Å². The maximum Gasteiger partial charge on any atom is 0.102 e. The molecule has 2 heterocycles. The molecule has 1 aliphatic rings. The molecule has 2 heteroatoms. The molecule has 206 valence electrons.